The van der Waals surface area contributed by atoms with Crippen LogP contribution in [0.5, 0.6) is 0 Å². The van der Waals surface area contributed by atoms with Crippen molar-refractivity contribution in [1.82, 2.24) is 15.2 Å². The number of carbonyl (C=O) groups excluding carboxylic acids is 1. The minimum atomic E-state index is -0.366. The van der Waals surface area contributed by atoms with E-state index in [-0.39, 0.29) is 11.7 Å². The molecule has 5 nitrogen and oxygen atoms in total. The van der Waals surface area contributed by atoms with Gasteiger partial charge in [0.25, 0.3) is 0 Å². The Bertz CT molecular complexity index is 501. The van der Waals surface area contributed by atoms with E-state index < -0.39 is 0 Å². The molecule has 0 saturated heterocycles. The molecule has 2 rings (SSSR count). The number of nitrogens with zero attached hydrogens (tertiary/aromatic N) is 3. The summed E-state index contributed by atoms with van der Waals surface area (Å²) in [5.41, 5.74) is 6.78. The Morgan fingerprint density at radius 3 is 2.53 bits per heavy atom. The van der Waals surface area contributed by atoms with Crippen molar-refractivity contribution in [2.24, 2.45) is 5.73 Å². The van der Waals surface area contributed by atoms with Gasteiger partial charge in [-0.1, -0.05) is 11.8 Å². The molecule has 0 aliphatic carbocycles. The van der Waals surface area contributed by atoms with Gasteiger partial charge in [0.2, 0.25) is 5.91 Å². The van der Waals surface area contributed by atoms with Gasteiger partial charge in [0.1, 0.15) is 5.03 Å². The zero-order valence-electron chi connectivity index (χ0n) is 8.91. The van der Waals surface area contributed by atoms with Gasteiger partial charge in [0.15, 0.2) is 0 Å². The Morgan fingerprint density at radius 1 is 1.18 bits per heavy atom. The van der Waals surface area contributed by atoms with Crippen LogP contribution in [0.3, 0.4) is 0 Å². The summed E-state index contributed by atoms with van der Waals surface area (Å²) < 4.78 is 0. The second-order valence-corrected chi connectivity index (χ2v) is 4.24. The molecule has 0 atom stereocenters. The Balaban J connectivity index is 2.11. The number of carbonyl (C=O) groups is 1. The van der Waals surface area contributed by atoms with Crippen LogP contribution in [0.4, 0.5) is 0 Å². The van der Waals surface area contributed by atoms with Crippen LogP contribution in [0, 0.1) is 0 Å². The van der Waals surface area contributed by atoms with Crippen LogP contribution in [0.2, 0.25) is 0 Å². The molecule has 0 saturated carbocycles. The van der Waals surface area contributed by atoms with Crippen LogP contribution in [-0.2, 0) is 4.79 Å². The van der Waals surface area contributed by atoms with Gasteiger partial charge < -0.3 is 5.73 Å². The summed E-state index contributed by atoms with van der Waals surface area (Å²) >= 11 is 1.27. The molecule has 2 aromatic rings. The van der Waals surface area contributed by atoms with Gasteiger partial charge in [-0.2, -0.15) is 0 Å². The molecule has 0 aliphatic rings. The molecule has 86 valence electrons. The molecule has 2 heterocycles. The van der Waals surface area contributed by atoms with Gasteiger partial charge in [-0.25, -0.2) is 0 Å². The number of hydrogen-bond acceptors (Lipinski definition) is 5. The predicted molar refractivity (Wildman–Crippen MR) is 65.2 cm³/mol. The summed E-state index contributed by atoms with van der Waals surface area (Å²) in [6.07, 6.45) is 3.40. The molecule has 17 heavy (non-hydrogen) atoms. The van der Waals surface area contributed by atoms with E-state index in [0.717, 1.165) is 11.3 Å². The molecule has 0 spiro atoms. The van der Waals surface area contributed by atoms with Gasteiger partial charge >= 0.3 is 0 Å². The maximum atomic E-state index is 10.6. The number of hydrogen-bond donors (Lipinski definition) is 1. The Kier molecular flexibility index (Phi) is 3.66. The zero-order chi connectivity index (χ0) is 12.1. The fourth-order valence-corrected chi connectivity index (χ4v) is 1.77. The molecular formula is C11H10N4OS. The minimum Gasteiger partial charge on any atom is -0.369 e. The largest absolute Gasteiger partial charge is 0.369 e. The SMILES string of the molecule is NC(=O)CSc1ccc(-c2ccncc2)nn1. The standard InChI is InChI=1S/C11H10N4OS/c12-10(16)7-17-11-2-1-9(14-15-11)8-3-5-13-6-4-8/h1-6H,7H2,(H2,12,16). The predicted octanol–water partition coefficient (Wildman–Crippen LogP) is 1.12. The molecule has 2 aromatic heterocycles. The quantitative estimate of drug-likeness (QED) is 0.817. The van der Waals surface area contributed by atoms with E-state index in [0.29, 0.717) is 5.03 Å². The number of thioether (sulfide) groups is 1. The lowest BCUT2D eigenvalue weighted by atomic mass is 10.2. The van der Waals surface area contributed by atoms with Crippen molar-refractivity contribution in [3.63, 3.8) is 0 Å². The normalized spacial score (nSPS) is 10.1. The molecule has 1 amide bonds. The molecule has 0 aromatic carbocycles. The first-order chi connectivity index (χ1) is 8.25. The average Bonchev–Trinajstić information content (AvgIpc) is 2.38. The van der Waals surface area contributed by atoms with Crippen LogP contribution in [-0.4, -0.2) is 26.8 Å². The van der Waals surface area contributed by atoms with Crippen molar-refractivity contribution >= 4 is 17.7 Å². The van der Waals surface area contributed by atoms with Crippen molar-refractivity contribution in [3.05, 3.63) is 36.7 Å². The molecule has 6 heteroatoms. The van der Waals surface area contributed by atoms with E-state index in [1.54, 1.807) is 12.4 Å². The van der Waals surface area contributed by atoms with Crippen molar-refractivity contribution in [3.8, 4) is 11.3 Å². The number of pyridine rings is 1. The maximum absolute atomic E-state index is 10.6. The van der Waals surface area contributed by atoms with Crippen LogP contribution >= 0.6 is 11.8 Å². The second-order valence-electron chi connectivity index (χ2n) is 3.25. The highest BCUT2D eigenvalue weighted by Gasteiger charge is 2.02. The minimum absolute atomic E-state index is 0.212. The highest BCUT2D eigenvalue weighted by atomic mass is 32.2. The number of aromatic nitrogens is 3. The number of primary amides is 1. The van der Waals surface area contributed by atoms with Crippen LogP contribution in [0.1, 0.15) is 0 Å². The molecule has 0 radical (unpaired) electrons. The third kappa shape index (κ3) is 3.25. The van der Waals surface area contributed by atoms with Crippen molar-refractivity contribution in [2.75, 3.05) is 5.75 Å². The Labute approximate surface area is 102 Å². The highest BCUT2D eigenvalue weighted by Crippen LogP contribution is 2.18. The first kappa shape index (κ1) is 11.5. The molecule has 0 aliphatic heterocycles. The summed E-state index contributed by atoms with van der Waals surface area (Å²) in [5, 5.41) is 8.77. The third-order valence-electron chi connectivity index (χ3n) is 1.98. The Hall–Kier alpha value is -1.95. The fraction of sp³-hybridized carbons (Fsp3) is 0.0909. The second kappa shape index (κ2) is 5.40. The smallest absolute Gasteiger partial charge is 0.227 e. The topological polar surface area (TPSA) is 81.8 Å². The lowest BCUT2D eigenvalue weighted by Crippen LogP contribution is -2.13. The number of nitrogens with two attached hydrogens (primary N) is 1. The van der Waals surface area contributed by atoms with Gasteiger partial charge in [-0.3, -0.25) is 9.78 Å². The summed E-state index contributed by atoms with van der Waals surface area (Å²) in [7, 11) is 0. The molecule has 0 fully saturated rings. The van der Waals surface area contributed by atoms with Gasteiger partial charge in [0.05, 0.1) is 11.4 Å². The summed E-state index contributed by atoms with van der Waals surface area (Å²) in [5.74, 6) is -0.154. The van der Waals surface area contributed by atoms with Crippen molar-refractivity contribution in [1.29, 1.82) is 0 Å². The van der Waals surface area contributed by atoms with Gasteiger partial charge in [-0.15, -0.1) is 10.2 Å². The fourth-order valence-electron chi connectivity index (χ4n) is 1.22. The number of rotatable bonds is 4. The van der Waals surface area contributed by atoms with Gasteiger partial charge in [-0.05, 0) is 24.3 Å². The van der Waals surface area contributed by atoms with Crippen LogP contribution in [0.25, 0.3) is 11.3 Å². The van der Waals surface area contributed by atoms with Crippen LogP contribution in [0.15, 0.2) is 41.7 Å². The van der Waals surface area contributed by atoms with E-state index in [1.165, 1.54) is 11.8 Å². The lowest BCUT2D eigenvalue weighted by Gasteiger charge is -2.00. The molecule has 0 bridgehead atoms. The number of amides is 1. The zero-order valence-corrected chi connectivity index (χ0v) is 9.72. The first-order valence-electron chi connectivity index (χ1n) is 4.91. The van der Waals surface area contributed by atoms with Gasteiger partial charge in [0, 0.05) is 18.0 Å². The van der Waals surface area contributed by atoms with E-state index in [1.807, 2.05) is 24.3 Å². The summed E-state index contributed by atoms with van der Waals surface area (Å²) in [4.78, 5) is 14.5. The monoisotopic (exact) mass is 246 g/mol. The van der Waals surface area contributed by atoms with Crippen molar-refractivity contribution in [2.45, 2.75) is 5.03 Å². The highest BCUT2D eigenvalue weighted by molar-refractivity contribution is 7.99. The van der Waals surface area contributed by atoms with E-state index in [4.69, 9.17) is 5.73 Å². The molecule has 0 unspecified atom stereocenters. The van der Waals surface area contributed by atoms with E-state index >= 15 is 0 Å². The summed E-state index contributed by atoms with van der Waals surface area (Å²) in [6, 6.07) is 7.39. The van der Waals surface area contributed by atoms with Crippen molar-refractivity contribution < 1.29 is 4.79 Å². The average molecular weight is 246 g/mol. The summed E-state index contributed by atoms with van der Waals surface area (Å²) in [6.45, 7) is 0. The third-order valence-corrected chi connectivity index (χ3v) is 2.92. The Morgan fingerprint density at radius 2 is 1.94 bits per heavy atom. The first-order valence-corrected chi connectivity index (χ1v) is 5.89. The van der Waals surface area contributed by atoms with E-state index in [9.17, 15) is 4.79 Å². The molecular weight excluding hydrogens is 236 g/mol. The van der Waals surface area contributed by atoms with Crippen LogP contribution < -0.4 is 5.73 Å². The molecule has 2 N–H and O–H groups in total. The maximum Gasteiger partial charge on any atom is 0.227 e. The lowest BCUT2D eigenvalue weighted by molar-refractivity contribution is -0.115. The van der Waals surface area contributed by atoms with E-state index in [2.05, 4.69) is 15.2 Å².